The van der Waals surface area contributed by atoms with Gasteiger partial charge in [-0.05, 0) is 12.8 Å². The summed E-state index contributed by atoms with van der Waals surface area (Å²) >= 11 is 0. The molecule has 56 heavy (non-hydrogen) atoms. The van der Waals surface area contributed by atoms with E-state index in [2.05, 4.69) is 9.47 Å². The van der Waals surface area contributed by atoms with Crippen LogP contribution in [0, 0.1) is 0 Å². The average molecular weight is 894 g/mol. The molecular weight excluding hydrogens is 870 g/mol. The SMILES string of the molecule is O=C(CCCCCCCCC(=O)OCCC(F)(F)C(F)(F)C(F)(F)C(F)(F)C(F)(F)C(F)(F)F)OCCC(F)(F)C(F)(F)C(F)(F)C(F)(F)C(F)(F)C(F)(F)F. The molecule has 0 unspecified atom stereocenters. The molecule has 0 bridgehead atoms. The van der Waals surface area contributed by atoms with Crippen molar-refractivity contribution in [1.82, 2.24) is 0 Å². The van der Waals surface area contributed by atoms with E-state index in [1.54, 1.807) is 0 Å². The Labute approximate surface area is 295 Å². The second-order valence-corrected chi connectivity index (χ2v) is 11.6. The summed E-state index contributed by atoms with van der Waals surface area (Å²) in [4.78, 5) is 23.1. The van der Waals surface area contributed by atoms with Crippen molar-refractivity contribution >= 4 is 11.9 Å². The molecule has 334 valence electrons. The van der Waals surface area contributed by atoms with Crippen molar-refractivity contribution in [3.8, 4) is 0 Å². The zero-order valence-corrected chi connectivity index (χ0v) is 26.9. The fraction of sp³-hybridized carbons (Fsp3) is 0.923. The fourth-order valence-electron chi connectivity index (χ4n) is 3.89. The van der Waals surface area contributed by atoms with E-state index in [-0.39, 0.29) is 38.5 Å². The number of carbonyl (C=O) groups is 2. The van der Waals surface area contributed by atoms with E-state index in [1.165, 1.54) is 0 Å². The monoisotopic (exact) mass is 894 g/mol. The number of alkyl halides is 26. The first-order valence-electron chi connectivity index (χ1n) is 14.7. The first-order valence-corrected chi connectivity index (χ1v) is 14.7. The maximum Gasteiger partial charge on any atom is 0.460 e. The van der Waals surface area contributed by atoms with Gasteiger partial charge in [0, 0.05) is 12.8 Å². The van der Waals surface area contributed by atoms with Crippen molar-refractivity contribution in [1.29, 1.82) is 0 Å². The van der Waals surface area contributed by atoms with Crippen molar-refractivity contribution in [3.63, 3.8) is 0 Å². The molecule has 0 aromatic rings. The molecule has 0 spiro atoms. The molecule has 0 aliphatic carbocycles. The Morgan fingerprint density at radius 1 is 0.304 bits per heavy atom. The van der Waals surface area contributed by atoms with Crippen LogP contribution in [-0.2, 0) is 19.1 Å². The zero-order valence-electron chi connectivity index (χ0n) is 26.9. The van der Waals surface area contributed by atoms with Crippen LogP contribution >= 0.6 is 0 Å². The molecule has 0 rings (SSSR count). The third-order valence-electron chi connectivity index (χ3n) is 7.37. The molecule has 0 radical (unpaired) electrons. The van der Waals surface area contributed by atoms with Crippen LogP contribution in [0.5, 0.6) is 0 Å². The van der Waals surface area contributed by atoms with Crippen molar-refractivity contribution in [2.45, 2.75) is 136 Å². The van der Waals surface area contributed by atoms with Crippen LogP contribution in [-0.4, -0.2) is 96.7 Å². The summed E-state index contributed by atoms with van der Waals surface area (Å²) in [7, 11) is 0. The lowest BCUT2D eigenvalue weighted by Crippen LogP contribution is -2.70. The molecule has 0 heterocycles. The zero-order chi connectivity index (χ0) is 45.1. The first-order chi connectivity index (χ1) is 24.5. The Balaban J connectivity index is 4.73. The van der Waals surface area contributed by atoms with Crippen molar-refractivity contribution in [2.75, 3.05) is 13.2 Å². The van der Waals surface area contributed by atoms with Crippen LogP contribution in [0.3, 0.4) is 0 Å². The largest absolute Gasteiger partial charge is 0.465 e. The highest BCUT2D eigenvalue weighted by Gasteiger charge is 2.92. The lowest BCUT2D eigenvalue weighted by atomic mass is 9.93. The Morgan fingerprint density at radius 2 is 0.518 bits per heavy atom. The molecule has 0 aliphatic heterocycles. The van der Waals surface area contributed by atoms with Gasteiger partial charge in [0.1, 0.15) is 0 Å². The van der Waals surface area contributed by atoms with E-state index >= 15 is 0 Å². The molecule has 0 atom stereocenters. The Kier molecular flexibility index (Phi) is 16.3. The van der Waals surface area contributed by atoms with Crippen LogP contribution < -0.4 is 0 Å². The summed E-state index contributed by atoms with van der Waals surface area (Å²) in [6.45, 7) is -3.92. The molecule has 0 saturated heterocycles. The number of unbranched alkanes of at least 4 members (excludes halogenated alkanes) is 5. The highest BCUT2D eigenvalue weighted by atomic mass is 19.4. The lowest BCUT2D eigenvalue weighted by molar-refractivity contribution is -0.440. The maximum atomic E-state index is 13.7. The van der Waals surface area contributed by atoms with E-state index in [0.717, 1.165) is 0 Å². The molecule has 0 N–H and O–H groups in total. The highest BCUT2D eigenvalue weighted by Crippen LogP contribution is 2.62. The van der Waals surface area contributed by atoms with E-state index in [4.69, 9.17) is 0 Å². The van der Waals surface area contributed by atoms with E-state index in [1.807, 2.05) is 0 Å². The predicted octanol–water partition coefficient (Wildman–Crippen LogP) is 11.5. The summed E-state index contributed by atoms with van der Waals surface area (Å²) in [6.07, 6.45) is -22.4. The number of hydrogen-bond donors (Lipinski definition) is 0. The van der Waals surface area contributed by atoms with Gasteiger partial charge in [0.15, 0.2) is 0 Å². The molecule has 30 heteroatoms. The minimum Gasteiger partial charge on any atom is -0.465 e. The third kappa shape index (κ3) is 10.2. The van der Waals surface area contributed by atoms with Gasteiger partial charge in [0.25, 0.3) is 0 Å². The minimum absolute atomic E-state index is 0.0182. The number of carbonyl (C=O) groups excluding carboxylic acids is 2. The Morgan fingerprint density at radius 3 is 0.750 bits per heavy atom. The quantitative estimate of drug-likeness (QED) is 0.0583. The summed E-state index contributed by atoms with van der Waals surface area (Å²) in [5.41, 5.74) is 0. The first kappa shape index (κ1) is 53.1. The molecular formula is C26H24F26O4. The summed E-state index contributed by atoms with van der Waals surface area (Å²) in [6, 6.07) is 0. The smallest absolute Gasteiger partial charge is 0.460 e. The summed E-state index contributed by atoms with van der Waals surface area (Å²) in [5, 5.41) is 0. The molecule has 0 aromatic heterocycles. The second-order valence-electron chi connectivity index (χ2n) is 11.6. The molecule has 0 aromatic carbocycles. The van der Waals surface area contributed by atoms with Gasteiger partial charge in [-0.15, -0.1) is 0 Å². The molecule has 0 aliphatic rings. The van der Waals surface area contributed by atoms with Gasteiger partial charge in [-0.2, -0.15) is 114 Å². The summed E-state index contributed by atoms with van der Waals surface area (Å²) < 4.78 is 348. The maximum absolute atomic E-state index is 13.7. The van der Waals surface area contributed by atoms with E-state index < -0.39 is 122 Å². The topological polar surface area (TPSA) is 52.6 Å². The van der Waals surface area contributed by atoms with E-state index in [0.29, 0.717) is 0 Å². The number of halogens is 26. The van der Waals surface area contributed by atoms with Gasteiger partial charge in [0.2, 0.25) is 0 Å². The fourth-order valence-corrected chi connectivity index (χ4v) is 3.89. The van der Waals surface area contributed by atoms with Gasteiger partial charge in [-0.1, -0.05) is 25.7 Å². The standard InChI is InChI=1S/C26H24F26O4/c27-15(28,17(31,32)19(35,36)21(39,40)23(43,44)25(47,48)49)9-11-55-13(53)7-5-3-1-2-4-6-8-14(54)56-12-10-16(29,30)18(33,34)20(37,38)22(41,42)24(45,46)26(50,51)52/h1-12H2. The molecule has 0 saturated carbocycles. The predicted molar refractivity (Wildman–Crippen MR) is 130 cm³/mol. The normalized spacial score (nSPS) is 15.2. The van der Waals surface area contributed by atoms with Crippen molar-refractivity contribution < 1.29 is 133 Å². The van der Waals surface area contributed by atoms with Gasteiger partial charge in [0.05, 0.1) is 26.1 Å². The lowest BCUT2D eigenvalue weighted by Gasteiger charge is -2.39. The third-order valence-corrected chi connectivity index (χ3v) is 7.37. The molecule has 0 fully saturated rings. The van der Waals surface area contributed by atoms with Gasteiger partial charge in [-0.3, -0.25) is 9.59 Å². The van der Waals surface area contributed by atoms with Gasteiger partial charge >= 0.3 is 83.5 Å². The van der Waals surface area contributed by atoms with E-state index in [9.17, 15) is 124 Å². The highest BCUT2D eigenvalue weighted by molar-refractivity contribution is 5.69. The minimum atomic E-state index is -8.10. The Bertz CT molecular complexity index is 1200. The van der Waals surface area contributed by atoms with Crippen LogP contribution in [0.4, 0.5) is 114 Å². The number of rotatable bonds is 23. The second kappa shape index (κ2) is 17.1. The van der Waals surface area contributed by atoms with Crippen LogP contribution in [0.2, 0.25) is 0 Å². The average Bonchev–Trinajstić information content (AvgIpc) is 3.00. The van der Waals surface area contributed by atoms with Crippen LogP contribution in [0.25, 0.3) is 0 Å². The molecule has 0 amide bonds. The number of hydrogen-bond acceptors (Lipinski definition) is 4. The number of esters is 2. The summed E-state index contributed by atoms with van der Waals surface area (Å²) in [5.74, 6) is -79.2. The van der Waals surface area contributed by atoms with Gasteiger partial charge in [-0.25, -0.2) is 0 Å². The van der Waals surface area contributed by atoms with Crippen molar-refractivity contribution in [2.24, 2.45) is 0 Å². The van der Waals surface area contributed by atoms with Crippen molar-refractivity contribution in [3.05, 3.63) is 0 Å². The van der Waals surface area contributed by atoms with Gasteiger partial charge < -0.3 is 9.47 Å². The number of ether oxygens (including phenoxy) is 2. The van der Waals surface area contributed by atoms with Crippen LogP contribution in [0.15, 0.2) is 0 Å². The van der Waals surface area contributed by atoms with Crippen LogP contribution in [0.1, 0.15) is 64.2 Å². The Hall–Kier alpha value is -2.88. The molecule has 4 nitrogen and oxygen atoms in total.